The molecule has 1 atom stereocenters. The Morgan fingerprint density at radius 2 is 2.15 bits per heavy atom. The maximum atomic E-state index is 13.3. The Labute approximate surface area is 119 Å². The molecule has 1 unspecified atom stereocenters. The minimum absolute atomic E-state index is 0.166. The summed E-state index contributed by atoms with van der Waals surface area (Å²) in [7, 11) is 0. The predicted octanol–water partition coefficient (Wildman–Crippen LogP) is 3.33. The van der Waals surface area contributed by atoms with Crippen LogP contribution in [0, 0.1) is 5.82 Å². The molecule has 0 saturated carbocycles. The highest BCUT2D eigenvalue weighted by molar-refractivity contribution is 5.20. The van der Waals surface area contributed by atoms with Gasteiger partial charge >= 0.3 is 0 Å². The van der Waals surface area contributed by atoms with Crippen LogP contribution >= 0.6 is 0 Å². The first-order chi connectivity index (χ1) is 9.74. The minimum Gasteiger partial charge on any atom is -0.308 e. The zero-order chi connectivity index (χ0) is 14.4. The van der Waals surface area contributed by atoms with E-state index in [2.05, 4.69) is 24.3 Å². The van der Waals surface area contributed by atoms with E-state index in [1.165, 1.54) is 6.07 Å². The van der Waals surface area contributed by atoms with Gasteiger partial charge in [0.05, 0.1) is 11.7 Å². The highest BCUT2D eigenvalue weighted by Gasteiger charge is 2.15. The molecule has 0 spiro atoms. The largest absolute Gasteiger partial charge is 0.308 e. The van der Waals surface area contributed by atoms with Crippen LogP contribution in [-0.2, 0) is 13.0 Å². The number of halogens is 1. The molecule has 0 bridgehead atoms. The Hall–Kier alpha value is -1.68. The zero-order valence-corrected chi connectivity index (χ0v) is 12.1. The quantitative estimate of drug-likeness (QED) is 0.840. The van der Waals surface area contributed by atoms with E-state index in [9.17, 15) is 4.39 Å². The molecule has 1 aromatic carbocycles. The molecule has 0 aliphatic heterocycles. The maximum Gasteiger partial charge on any atom is 0.123 e. The van der Waals surface area contributed by atoms with E-state index in [-0.39, 0.29) is 11.9 Å². The summed E-state index contributed by atoms with van der Waals surface area (Å²) in [6.07, 6.45) is 3.66. The van der Waals surface area contributed by atoms with Crippen molar-refractivity contribution in [1.82, 2.24) is 15.1 Å². The van der Waals surface area contributed by atoms with Crippen molar-refractivity contribution in [1.29, 1.82) is 0 Å². The van der Waals surface area contributed by atoms with Gasteiger partial charge in [0.2, 0.25) is 0 Å². The number of benzene rings is 1. The molecular weight excluding hydrogens is 253 g/mol. The second-order valence-electron chi connectivity index (χ2n) is 4.91. The molecule has 20 heavy (non-hydrogen) atoms. The molecule has 4 heteroatoms. The minimum atomic E-state index is -0.180. The highest BCUT2D eigenvalue weighted by atomic mass is 19.1. The Balaban J connectivity index is 2.19. The maximum absolute atomic E-state index is 13.3. The molecule has 1 heterocycles. The Morgan fingerprint density at radius 1 is 1.30 bits per heavy atom. The number of hydrogen-bond donors (Lipinski definition) is 1. The number of rotatable bonds is 7. The number of nitrogens with one attached hydrogen (secondary N) is 1. The van der Waals surface area contributed by atoms with Crippen LogP contribution in [0.5, 0.6) is 0 Å². The van der Waals surface area contributed by atoms with Crippen molar-refractivity contribution in [3.63, 3.8) is 0 Å². The predicted molar refractivity (Wildman–Crippen MR) is 79.0 cm³/mol. The lowest BCUT2D eigenvalue weighted by molar-refractivity contribution is 0.478. The third kappa shape index (κ3) is 3.67. The molecule has 2 rings (SSSR count). The van der Waals surface area contributed by atoms with Crippen LogP contribution in [0.1, 0.15) is 37.6 Å². The topological polar surface area (TPSA) is 29.9 Å². The third-order valence-corrected chi connectivity index (χ3v) is 3.38. The standard InChI is InChI=1S/C16H22FN3/c1-3-9-18-15(16-8-10-19-20(16)4-2)12-13-6-5-7-14(17)11-13/h5-8,10-11,15,18H,3-4,9,12H2,1-2H3. The Bertz CT molecular complexity index is 536. The molecule has 1 N–H and O–H groups in total. The first-order valence-electron chi connectivity index (χ1n) is 7.24. The van der Waals surface area contributed by atoms with Crippen molar-refractivity contribution in [2.24, 2.45) is 0 Å². The summed E-state index contributed by atoms with van der Waals surface area (Å²) in [5.74, 6) is -0.180. The van der Waals surface area contributed by atoms with Crippen LogP contribution in [-0.4, -0.2) is 16.3 Å². The van der Waals surface area contributed by atoms with Crippen LogP contribution in [0.3, 0.4) is 0 Å². The fourth-order valence-electron chi connectivity index (χ4n) is 2.40. The summed E-state index contributed by atoms with van der Waals surface area (Å²) in [4.78, 5) is 0. The SMILES string of the molecule is CCCNC(Cc1cccc(F)c1)c1ccnn1CC. The Morgan fingerprint density at radius 3 is 2.85 bits per heavy atom. The second-order valence-corrected chi connectivity index (χ2v) is 4.91. The smallest absolute Gasteiger partial charge is 0.123 e. The van der Waals surface area contributed by atoms with Gasteiger partial charge < -0.3 is 5.32 Å². The van der Waals surface area contributed by atoms with Crippen molar-refractivity contribution >= 4 is 0 Å². The summed E-state index contributed by atoms with van der Waals surface area (Å²) in [5.41, 5.74) is 2.16. The van der Waals surface area contributed by atoms with Gasteiger partial charge in [0, 0.05) is 12.7 Å². The average molecular weight is 275 g/mol. The number of nitrogens with zero attached hydrogens (tertiary/aromatic N) is 2. The fourth-order valence-corrected chi connectivity index (χ4v) is 2.40. The summed E-state index contributed by atoms with van der Waals surface area (Å²) in [6, 6.07) is 9.02. The molecule has 0 saturated heterocycles. The molecule has 108 valence electrons. The van der Waals surface area contributed by atoms with E-state index in [4.69, 9.17) is 0 Å². The van der Waals surface area contributed by atoms with E-state index in [0.29, 0.717) is 0 Å². The van der Waals surface area contributed by atoms with Crippen molar-refractivity contribution < 1.29 is 4.39 Å². The normalized spacial score (nSPS) is 12.6. The fraction of sp³-hybridized carbons (Fsp3) is 0.438. The van der Waals surface area contributed by atoms with Crippen LogP contribution < -0.4 is 5.32 Å². The number of aromatic nitrogens is 2. The number of hydrogen-bond acceptors (Lipinski definition) is 2. The molecule has 0 fully saturated rings. The summed E-state index contributed by atoms with van der Waals surface area (Å²) < 4.78 is 15.3. The summed E-state index contributed by atoms with van der Waals surface area (Å²) in [6.45, 7) is 6.00. The van der Waals surface area contributed by atoms with E-state index in [1.54, 1.807) is 12.1 Å². The first kappa shape index (κ1) is 14.7. The van der Waals surface area contributed by atoms with E-state index >= 15 is 0 Å². The molecule has 1 aromatic heterocycles. The lowest BCUT2D eigenvalue weighted by Gasteiger charge is -2.20. The first-order valence-corrected chi connectivity index (χ1v) is 7.24. The molecule has 0 amide bonds. The number of aryl methyl sites for hydroxylation is 1. The van der Waals surface area contributed by atoms with Crippen molar-refractivity contribution in [2.45, 2.75) is 39.3 Å². The molecular formula is C16H22FN3. The van der Waals surface area contributed by atoms with Crippen molar-refractivity contribution in [3.8, 4) is 0 Å². The van der Waals surface area contributed by atoms with Gasteiger partial charge in [-0.3, -0.25) is 4.68 Å². The molecule has 0 aliphatic rings. The van der Waals surface area contributed by atoms with Crippen LogP contribution in [0.15, 0.2) is 36.5 Å². The van der Waals surface area contributed by atoms with Gasteiger partial charge in [0.1, 0.15) is 5.82 Å². The van der Waals surface area contributed by atoms with Gasteiger partial charge in [-0.15, -0.1) is 0 Å². The lowest BCUT2D eigenvalue weighted by atomic mass is 10.0. The zero-order valence-electron chi connectivity index (χ0n) is 12.1. The molecule has 0 radical (unpaired) electrons. The van der Waals surface area contributed by atoms with Crippen molar-refractivity contribution in [2.75, 3.05) is 6.54 Å². The van der Waals surface area contributed by atoms with Gasteiger partial charge in [-0.25, -0.2) is 4.39 Å². The molecule has 2 aromatic rings. The van der Waals surface area contributed by atoms with Crippen LogP contribution in [0.25, 0.3) is 0 Å². The molecule has 3 nitrogen and oxygen atoms in total. The Kier molecular flexibility index (Phi) is 5.30. The average Bonchev–Trinajstić information content (AvgIpc) is 2.92. The van der Waals surface area contributed by atoms with Gasteiger partial charge in [-0.05, 0) is 50.1 Å². The summed E-state index contributed by atoms with van der Waals surface area (Å²) >= 11 is 0. The second kappa shape index (κ2) is 7.20. The van der Waals surface area contributed by atoms with E-state index in [1.807, 2.05) is 23.0 Å². The lowest BCUT2D eigenvalue weighted by Crippen LogP contribution is -2.26. The van der Waals surface area contributed by atoms with Gasteiger partial charge in [-0.2, -0.15) is 5.10 Å². The third-order valence-electron chi connectivity index (χ3n) is 3.38. The van der Waals surface area contributed by atoms with Crippen LogP contribution in [0.2, 0.25) is 0 Å². The van der Waals surface area contributed by atoms with Gasteiger partial charge in [0.15, 0.2) is 0 Å². The van der Waals surface area contributed by atoms with E-state index in [0.717, 1.165) is 37.2 Å². The van der Waals surface area contributed by atoms with Crippen molar-refractivity contribution in [3.05, 3.63) is 53.6 Å². The highest BCUT2D eigenvalue weighted by Crippen LogP contribution is 2.19. The monoisotopic (exact) mass is 275 g/mol. The van der Waals surface area contributed by atoms with E-state index < -0.39 is 0 Å². The molecule has 0 aliphatic carbocycles. The van der Waals surface area contributed by atoms with Crippen LogP contribution in [0.4, 0.5) is 4.39 Å². The van der Waals surface area contributed by atoms with Gasteiger partial charge in [0.25, 0.3) is 0 Å². The summed E-state index contributed by atoms with van der Waals surface area (Å²) in [5, 5.41) is 7.86. The van der Waals surface area contributed by atoms with Gasteiger partial charge in [-0.1, -0.05) is 19.1 Å².